The third-order valence-corrected chi connectivity index (χ3v) is 7.51. The van der Waals surface area contributed by atoms with E-state index in [0.717, 1.165) is 16.2 Å². The molecule has 1 fully saturated rings. The number of hydrogen-bond acceptors (Lipinski definition) is 12. The smallest absolute Gasteiger partial charge is 0.352 e. The number of aliphatic carboxylic acids is 1. The van der Waals surface area contributed by atoms with Gasteiger partial charge in [-0.25, -0.2) is 9.78 Å². The Bertz CT molecular complexity index is 1310. The van der Waals surface area contributed by atoms with E-state index in [1.807, 2.05) is 0 Å². The van der Waals surface area contributed by atoms with Crippen LogP contribution in [0, 0.1) is 4.91 Å². The van der Waals surface area contributed by atoms with Crippen molar-refractivity contribution in [1.29, 1.82) is 0 Å². The molecule has 0 aliphatic carbocycles. The number of ketones is 1. The molecule has 36 heavy (non-hydrogen) atoms. The number of β-lactam (4-membered cyclic amide) rings is 1. The van der Waals surface area contributed by atoms with Gasteiger partial charge < -0.3 is 26.0 Å². The number of phenolic OH excluding ortho intramolecular Hbond substituents is 1. The first-order chi connectivity index (χ1) is 17.1. The minimum Gasteiger partial charge on any atom is -0.507 e. The fourth-order valence-electron chi connectivity index (χ4n) is 3.76. The zero-order chi connectivity index (χ0) is 26.1. The molecule has 188 valence electrons. The lowest BCUT2D eigenvalue weighted by molar-refractivity contribution is -0.151. The van der Waals surface area contributed by atoms with Crippen LogP contribution in [0.3, 0.4) is 0 Å². The fourth-order valence-corrected chi connectivity index (χ4v) is 5.67. The van der Waals surface area contributed by atoms with Gasteiger partial charge in [0.2, 0.25) is 6.04 Å². The summed E-state index contributed by atoms with van der Waals surface area (Å²) in [4.78, 5) is 65.0. The molecular formula is C21H19N5O8S2. The Balaban J connectivity index is 1.47. The van der Waals surface area contributed by atoms with E-state index in [1.54, 1.807) is 0 Å². The number of carboxylic acid groups (broad SMARTS) is 1. The van der Waals surface area contributed by atoms with Crippen LogP contribution in [0.5, 0.6) is 11.5 Å². The lowest BCUT2D eigenvalue weighted by Gasteiger charge is -2.49. The number of fused-ring (bicyclic) bond motifs is 1. The highest BCUT2D eigenvalue weighted by Crippen LogP contribution is 2.41. The van der Waals surface area contributed by atoms with Crippen molar-refractivity contribution in [3.05, 3.63) is 51.0 Å². The van der Waals surface area contributed by atoms with Gasteiger partial charge in [-0.15, -0.1) is 28.0 Å². The number of nitrogen functional groups attached to an aromatic ring is 1. The number of aromatic nitrogens is 1. The number of amides is 2. The summed E-state index contributed by atoms with van der Waals surface area (Å²) >= 11 is 2.24. The molecule has 3 atom stereocenters. The van der Waals surface area contributed by atoms with Crippen molar-refractivity contribution in [3.8, 4) is 11.5 Å². The number of hydrogen-bond donors (Lipinski definition) is 4. The number of nitrogens with one attached hydrogen (secondary N) is 1. The molecule has 2 unspecified atom stereocenters. The minimum absolute atomic E-state index is 0.0536. The average Bonchev–Trinajstić information content (AvgIpc) is 3.26. The summed E-state index contributed by atoms with van der Waals surface area (Å²) in [5, 5.41) is 25.8. The molecule has 5 N–H and O–H groups in total. The number of nitrogens with zero attached hydrogens (tertiary/aromatic N) is 3. The second-order valence-electron chi connectivity index (χ2n) is 7.80. The van der Waals surface area contributed by atoms with Crippen LogP contribution in [0.2, 0.25) is 0 Å². The number of carboxylic acids is 1. The van der Waals surface area contributed by atoms with Gasteiger partial charge in [-0.1, -0.05) is 0 Å². The Morgan fingerprint density at radius 2 is 2.14 bits per heavy atom. The molecule has 4 rings (SSSR count). The van der Waals surface area contributed by atoms with E-state index >= 15 is 0 Å². The van der Waals surface area contributed by atoms with Crippen molar-refractivity contribution in [1.82, 2.24) is 15.2 Å². The molecule has 0 saturated carbocycles. The van der Waals surface area contributed by atoms with E-state index in [9.17, 15) is 34.3 Å². The van der Waals surface area contributed by atoms with E-state index in [-0.39, 0.29) is 51.7 Å². The van der Waals surface area contributed by atoms with E-state index in [1.165, 1.54) is 42.3 Å². The Morgan fingerprint density at radius 1 is 1.39 bits per heavy atom. The molecule has 2 aliphatic heterocycles. The number of thiazole rings is 1. The predicted molar refractivity (Wildman–Crippen MR) is 128 cm³/mol. The third-order valence-electron chi connectivity index (χ3n) is 5.48. The van der Waals surface area contributed by atoms with E-state index in [4.69, 9.17) is 10.5 Å². The van der Waals surface area contributed by atoms with Crippen molar-refractivity contribution in [3.63, 3.8) is 0 Å². The number of aromatic hydroxyl groups is 1. The van der Waals surface area contributed by atoms with Crippen molar-refractivity contribution >= 4 is 51.8 Å². The van der Waals surface area contributed by atoms with E-state index < -0.39 is 35.2 Å². The van der Waals surface area contributed by atoms with Gasteiger partial charge in [-0.05, 0) is 24.2 Å². The maximum absolute atomic E-state index is 12.8. The van der Waals surface area contributed by atoms with Gasteiger partial charge in [-0.3, -0.25) is 19.3 Å². The van der Waals surface area contributed by atoms with Crippen molar-refractivity contribution in [2.45, 2.75) is 24.4 Å². The lowest BCUT2D eigenvalue weighted by Crippen LogP contribution is -2.71. The van der Waals surface area contributed by atoms with E-state index in [0.29, 0.717) is 5.57 Å². The largest absolute Gasteiger partial charge is 0.507 e. The summed E-state index contributed by atoms with van der Waals surface area (Å²) in [6, 6.07) is 1.53. The first-order valence-electron chi connectivity index (χ1n) is 10.3. The van der Waals surface area contributed by atoms with Gasteiger partial charge in [-0.2, -0.15) is 0 Å². The Morgan fingerprint density at radius 3 is 2.72 bits per heavy atom. The monoisotopic (exact) mass is 533 g/mol. The number of anilines is 1. The maximum Gasteiger partial charge on any atom is 0.352 e. The molecule has 15 heteroatoms. The number of phenols is 1. The number of benzene rings is 1. The number of Topliss-reactive ketones (excluding diaryl/α,β-unsaturated/α-hetero) is 1. The van der Waals surface area contributed by atoms with Crippen LogP contribution < -0.4 is 15.8 Å². The number of carbonyl (C=O) groups excluding carboxylic acids is 3. The molecule has 3 heterocycles. The normalized spacial score (nSPS) is 19.7. The van der Waals surface area contributed by atoms with Crippen LogP contribution in [0.4, 0.5) is 5.13 Å². The number of carbonyl (C=O) groups is 4. The number of ether oxygens (including phenoxy) is 1. The summed E-state index contributed by atoms with van der Waals surface area (Å²) in [5.74, 6) is -3.08. The highest BCUT2D eigenvalue weighted by molar-refractivity contribution is 8.00. The lowest BCUT2D eigenvalue weighted by atomic mass is 10.0. The van der Waals surface area contributed by atoms with Crippen LogP contribution in [0.1, 0.15) is 29.0 Å². The molecule has 2 aromatic rings. The van der Waals surface area contributed by atoms with Crippen molar-refractivity contribution in [2.75, 3.05) is 18.1 Å². The molecular weight excluding hydrogens is 514 g/mol. The predicted octanol–water partition coefficient (Wildman–Crippen LogP) is 1.26. The zero-order valence-corrected chi connectivity index (χ0v) is 20.2. The fraction of sp³-hybridized carbons (Fsp3) is 0.286. The van der Waals surface area contributed by atoms with Crippen LogP contribution in [-0.2, 0) is 14.4 Å². The van der Waals surface area contributed by atoms with Gasteiger partial charge in [0, 0.05) is 22.8 Å². The Hall–Kier alpha value is -3.98. The molecule has 1 aromatic carbocycles. The minimum atomic E-state index is -1.50. The highest BCUT2D eigenvalue weighted by atomic mass is 32.2. The number of nitrogens with two attached hydrogens (primary N) is 1. The first kappa shape index (κ1) is 25.1. The third kappa shape index (κ3) is 4.61. The Labute approximate surface area is 211 Å². The highest BCUT2D eigenvalue weighted by Gasteiger charge is 2.54. The summed E-state index contributed by atoms with van der Waals surface area (Å²) in [6.07, 6.45) is 0. The van der Waals surface area contributed by atoms with Crippen molar-refractivity contribution in [2.24, 2.45) is 5.18 Å². The molecule has 0 radical (unpaired) electrons. The van der Waals surface area contributed by atoms with Gasteiger partial charge in [0.25, 0.3) is 11.8 Å². The SMILES string of the molecule is CC(=O)c1ccc(OCC2=C(C(=O)O)N3C(=O)C(NC(=O)C(N=O)c4csc(N)n4)[C@@H]3SC2)cc1O. The van der Waals surface area contributed by atoms with Crippen LogP contribution in [-0.4, -0.2) is 67.4 Å². The van der Waals surface area contributed by atoms with E-state index in [2.05, 4.69) is 15.5 Å². The summed E-state index contributed by atoms with van der Waals surface area (Å²) in [6.45, 7) is 1.11. The molecule has 2 amide bonds. The molecule has 0 bridgehead atoms. The molecule has 1 saturated heterocycles. The number of thioether (sulfide) groups is 1. The van der Waals surface area contributed by atoms with Gasteiger partial charge in [0.05, 0.1) is 11.3 Å². The standard InChI is InChI=1S/C21H19N5O8S2/c1-8(27)11-3-2-10(4-13(11)28)34-5-9-6-35-19-15(18(30)26(19)16(9)20(31)32)24-17(29)14(25-33)12-7-36-21(22)23-12/h2-4,7,14-15,19,28H,5-6H2,1H3,(H2,22,23)(H,24,29)(H,31,32)/t14?,15?,19-/m0/s1. The molecule has 13 nitrogen and oxygen atoms in total. The van der Waals surface area contributed by atoms with Gasteiger partial charge in [0.1, 0.15) is 35.2 Å². The number of nitroso groups, excluding NO2 is 1. The maximum atomic E-state index is 12.8. The summed E-state index contributed by atoms with van der Waals surface area (Å²) in [7, 11) is 0. The zero-order valence-electron chi connectivity index (χ0n) is 18.5. The van der Waals surface area contributed by atoms with Crippen LogP contribution >= 0.6 is 23.1 Å². The van der Waals surface area contributed by atoms with Gasteiger partial charge >= 0.3 is 5.97 Å². The molecule has 2 aliphatic rings. The average molecular weight is 534 g/mol. The van der Waals surface area contributed by atoms with Gasteiger partial charge in [0.15, 0.2) is 10.9 Å². The van der Waals surface area contributed by atoms with Crippen molar-refractivity contribution < 1.29 is 34.1 Å². The van der Waals surface area contributed by atoms with Crippen LogP contribution in [0.25, 0.3) is 0 Å². The number of rotatable bonds is 9. The van der Waals surface area contributed by atoms with Crippen LogP contribution in [0.15, 0.2) is 40.0 Å². The first-order valence-corrected chi connectivity index (χ1v) is 12.3. The molecule has 0 spiro atoms. The Kier molecular flexibility index (Phi) is 6.94. The quantitative estimate of drug-likeness (QED) is 0.205. The second kappa shape index (κ2) is 9.94. The topological polar surface area (TPSA) is 202 Å². The second-order valence-corrected chi connectivity index (χ2v) is 9.79. The summed E-state index contributed by atoms with van der Waals surface area (Å²) < 4.78 is 5.60. The molecule has 1 aromatic heterocycles. The summed E-state index contributed by atoms with van der Waals surface area (Å²) in [5.41, 5.74) is 5.75.